The van der Waals surface area contributed by atoms with Crippen LogP contribution < -0.4 is 16.2 Å². The van der Waals surface area contributed by atoms with Crippen molar-refractivity contribution in [3.8, 4) is 5.95 Å². The molecule has 2 aromatic rings. The molecule has 21 heavy (non-hydrogen) atoms. The molecule has 1 atom stereocenters. The molecule has 0 spiro atoms. The molecule has 1 aliphatic rings. The van der Waals surface area contributed by atoms with Crippen molar-refractivity contribution in [3.05, 3.63) is 18.7 Å². The van der Waals surface area contributed by atoms with Crippen LogP contribution in [0.15, 0.2) is 18.7 Å². The lowest BCUT2D eigenvalue weighted by Crippen LogP contribution is -2.47. The highest BCUT2D eigenvalue weighted by Gasteiger charge is 2.30. The number of piperidine rings is 1. The van der Waals surface area contributed by atoms with E-state index in [4.69, 9.17) is 5.84 Å². The summed E-state index contributed by atoms with van der Waals surface area (Å²) >= 11 is 0. The fourth-order valence-corrected chi connectivity index (χ4v) is 2.44. The molecule has 4 N–H and O–H groups in total. The summed E-state index contributed by atoms with van der Waals surface area (Å²) in [4.78, 5) is 18.8. The molecule has 0 bridgehead atoms. The van der Waals surface area contributed by atoms with E-state index < -0.39 is 5.60 Å². The molecule has 1 unspecified atom stereocenters. The van der Waals surface area contributed by atoms with E-state index in [1.54, 1.807) is 23.3 Å². The van der Waals surface area contributed by atoms with E-state index >= 15 is 0 Å². The zero-order chi connectivity index (χ0) is 14.9. The zero-order valence-corrected chi connectivity index (χ0v) is 11.8. The largest absolute Gasteiger partial charge is 0.388 e. The van der Waals surface area contributed by atoms with Gasteiger partial charge in [-0.3, -0.25) is 9.99 Å². The Kier molecular flexibility index (Phi) is 3.43. The van der Waals surface area contributed by atoms with E-state index in [0.717, 1.165) is 19.4 Å². The van der Waals surface area contributed by atoms with Gasteiger partial charge in [0.15, 0.2) is 0 Å². The molecule has 0 aromatic carbocycles. The summed E-state index contributed by atoms with van der Waals surface area (Å²) in [6.45, 7) is 3.08. The van der Waals surface area contributed by atoms with Crippen molar-refractivity contribution in [2.75, 3.05) is 23.4 Å². The van der Waals surface area contributed by atoms with Gasteiger partial charge >= 0.3 is 0 Å². The number of aromatic nitrogens is 5. The number of β-amino-alcohol motifs (C(OH)–C–C–N with tert-alkyl or cyclic N) is 1. The molecule has 0 amide bonds. The van der Waals surface area contributed by atoms with Gasteiger partial charge in [-0.25, -0.2) is 10.8 Å². The molecular formula is C12H18N8O. The van der Waals surface area contributed by atoms with E-state index in [-0.39, 0.29) is 5.95 Å². The smallest absolute Gasteiger partial charge is 0.243 e. The summed E-state index contributed by atoms with van der Waals surface area (Å²) in [5.41, 5.74) is 1.70. The van der Waals surface area contributed by atoms with Gasteiger partial charge in [-0.2, -0.15) is 15.0 Å². The van der Waals surface area contributed by atoms with Gasteiger partial charge in [0.2, 0.25) is 17.8 Å². The molecule has 112 valence electrons. The van der Waals surface area contributed by atoms with Gasteiger partial charge in [0.1, 0.15) is 6.33 Å². The summed E-state index contributed by atoms with van der Waals surface area (Å²) in [5.74, 6) is 6.61. The maximum absolute atomic E-state index is 10.2. The van der Waals surface area contributed by atoms with Gasteiger partial charge in [0.05, 0.1) is 5.60 Å². The number of aliphatic hydroxyl groups is 1. The Labute approximate surface area is 121 Å². The van der Waals surface area contributed by atoms with Crippen molar-refractivity contribution >= 4 is 11.9 Å². The second-order valence-electron chi connectivity index (χ2n) is 5.40. The third kappa shape index (κ3) is 2.93. The van der Waals surface area contributed by atoms with Gasteiger partial charge in [-0.1, -0.05) is 0 Å². The predicted molar refractivity (Wildman–Crippen MR) is 76.8 cm³/mol. The minimum absolute atomic E-state index is 0.272. The average Bonchev–Trinajstić information content (AvgIpc) is 3.00. The number of nitrogen functional groups attached to an aromatic ring is 1. The van der Waals surface area contributed by atoms with Crippen LogP contribution in [0.1, 0.15) is 19.8 Å². The number of imidazole rings is 1. The van der Waals surface area contributed by atoms with Crippen molar-refractivity contribution in [3.63, 3.8) is 0 Å². The number of nitrogens with two attached hydrogens (primary N) is 1. The van der Waals surface area contributed by atoms with Crippen LogP contribution in [-0.2, 0) is 0 Å². The first kappa shape index (κ1) is 13.7. The number of hydrogen-bond acceptors (Lipinski definition) is 8. The maximum atomic E-state index is 10.2. The molecule has 1 aliphatic heterocycles. The monoisotopic (exact) mass is 290 g/mol. The number of nitrogens with one attached hydrogen (secondary N) is 1. The Hall–Kier alpha value is -2.26. The first-order valence-corrected chi connectivity index (χ1v) is 6.76. The third-order valence-electron chi connectivity index (χ3n) is 3.43. The summed E-state index contributed by atoms with van der Waals surface area (Å²) in [6, 6.07) is 0. The third-order valence-corrected chi connectivity index (χ3v) is 3.43. The van der Waals surface area contributed by atoms with E-state index in [2.05, 4.69) is 25.4 Å². The molecule has 3 rings (SSSR count). The summed E-state index contributed by atoms with van der Waals surface area (Å²) in [7, 11) is 0. The standard InChI is InChI=1S/C12H18N8O/c1-12(21)3-2-5-19(7-12)10-15-9(18-13)16-11(17-10)20-6-4-14-8-20/h4,6,8,21H,2-3,5,7,13H2,1H3,(H,15,16,17,18). The number of nitrogens with zero attached hydrogens (tertiary/aromatic N) is 6. The topological polar surface area (TPSA) is 118 Å². The lowest BCUT2D eigenvalue weighted by atomic mass is 9.95. The first-order chi connectivity index (χ1) is 10.1. The summed E-state index contributed by atoms with van der Waals surface area (Å²) in [6.07, 6.45) is 6.64. The second-order valence-corrected chi connectivity index (χ2v) is 5.40. The summed E-state index contributed by atoms with van der Waals surface area (Å²) < 4.78 is 1.67. The van der Waals surface area contributed by atoms with Crippen molar-refractivity contribution in [2.45, 2.75) is 25.4 Å². The molecule has 1 fully saturated rings. The first-order valence-electron chi connectivity index (χ1n) is 6.76. The van der Waals surface area contributed by atoms with Crippen LogP contribution in [0.25, 0.3) is 5.95 Å². The van der Waals surface area contributed by atoms with Gasteiger partial charge in [-0.05, 0) is 19.8 Å². The SMILES string of the molecule is CC1(O)CCCN(c2nc(NN)nc(-n3ccnc3)n2)C1. The fraction of sp³-hybridized carbons (Fsp3) is 0.500. The molecule has 2 aromatic heterocycles. The lowest BCUT2D eigenvalue weighted by molar-refractivity contribution is 0.0444. The van der Waals surface area contributed by atoms with Gasteiger partial charge in [-0.15, -0.1) is 0 Å². The van der Waals surface area contributed by atoms with Crippen LogP contribution in [0, 0.1) is 0 Å². The van der Waals surface area contributed by atoms with Crippen LogP contribution in [0.5, 0.6) is 0 Å². The minimum atomic E-state index is -0.740. The van der Waals surface area contributed by atoms with E-state index in [1.807, 2.05) is 11.8 Å². The number of hydrogen-bond donors (Lipinski definition) is 3. The van der Waals surface area contributed by atoms with Crippen molar-refractivity contribution in [1.82, 2.24) is 24.5 Å². The normalized spacial score (nSPS) is 22.3. The molecular weight excluding hydrogens is 272 g/mol. The van der Waals surface area contributed by atoms with E-state index in [1.165, 1.54) is 0 Å². The van der Waals surface area contributed by atoms with E-state index in [9.17, 15) is 5.11 Å². The van der Waals surface area contributed by atoms with Crippen LogP contribution in [0.2, 0.25) is 0 Å². The van der Waals surface area contributed by atoms with Crippen LogP contribution in [0.4, 0.5) is 11.9 Å². The van der Waals surface area contributed by atoms with Gasteiger partial charge in [0, 0.05) is 25.5 Å². The highest BCUT2D eigenvalue weighted by Crippen LogP contribution is 2.24. The fourth-order valence-electron chi connectivity index (χ4n) is 2.44. The predicted octanol–water partition coefficient (Wildman–Crippen LogP) is -0.306. The minimum Gasteiger partial charge on any atom is -0.388 e. The number of rotatable bonds is 3. The van der Waals surface area contributed by atoms with Crippen molar-refractivity contribution in [1.29, 1.82) is 0 Å². The molecule has 0 aliphatic carbocycles. The molecule has 3 heterocycles. The van der Waals surface area contributed by atoms with Gasteiger partial charge < -0.3 is 10.0 Å². The van der Waals surface area contributed by atoms with Gasteiger partial charge in [0.25, 0.3) is 0 Å². The van der Waals surface area contributed by atoms with Crippen LogP contribution in [-0.4, -0.2) is 48.3 Å². The van der Waals surface area contributed by atoms with E-state index in [0.29, 0.717) is 18.4 Å². The molecule has 0 saturated carbocycles. The van der Waals surface area contributed by atoms with Crippen molar-refractivity contribution in [2.24, 2.45) is 5.84 Å². The highest BCUT2D eigenvalue weighted by molar-refractivity contribution is 5.40. The zero-order valence-electron chi connectivity index (χ0n) is 11.8. The molecule has 0 radical (unpaired) electrons. The Morgan fingerprint density at radius 3 is 2.81 bits per heavy atom. The quantitative estimate of drug-likeness (QED) is 0.520. The Bertz CT molecular complexity index is 612. The lowest BCUT2D eigenvalue weighted by Gasteiger charge is -2.36. The highest BCUT2D eigenvalue weighted by atomic mass is 16.3. The number of hydrazine groups is 1. The molecule has 9 nitrogen and oxygen atoms in total. The van der Waals surface area contributed by atoms with Crippen LogP contribution in [0.3, 0.4) is 0 Å². The van der Waals surface area contributed by atoms with Crippen molar-refractivity contribution < 1.29 is 5.11 Å². The summed E-state index contributed by atoms with van der Waals surface area (Å²) in [5, 5.41) is 10.2. The molecule has 1 saturated heterocycles. The maximum Gasteiger partial charge on any atom is 0.243 e. The number of anilines is 2. The molecule has 9 heteroatoms. The average molecular weight is 290 g/mol. The van der Waals surface area contributed by atoms with Crippen LogP contribution >= 0.6 is 0 Å². The Morgan fingerprint density at radius 2 is 2.14 bits per heavy atom. The Balaban J connectivity index is 1.96. The second kappa shape index (κ2) is 5.26. The Morgan fingerprint density at radius 1 is 1.33 bits per heavy atom.